The van der Waals surface area contributed by atoms with Crippen LogP contribution in [0.5, 0.6) is 0 Å². The van der Waals surface area contributed by atoms with Gasteiger partial charge >= 0.3 is 0 Å². The molecule has 0 saturated heterocycles. The maximum Gasteiger partial charge on any atom is 0.229 e. The van der Waals surface area contributed by atoms with Gasteiger partial charge in [0.25, 0.3) is 0 Å². The van der Waals surface area contributed by atoms with Crippen LogP contribution in [0.1, 0.15) is 43.6 Å². The molecule has 2 aromatic heterocycles. The molecule has 4 nitrogen and oxygen atoms in total. The highest BCUT2D eigenvalue weighted by molar-refractivity contribution is 5.94. The second kappa shape index (κ2) is 6.87. The number of pyridine rings is 2. The third kappa shape index (κ3) is 3.37. The van der Waals surface area contributed by atoms with E-state index >= 15 is 0 Å². The van der Waals surface area contributed by atoms with Crippen molar-refractivity contribution >= 4 is 22.6 Å². The molecule has 0 radical (unpaired) electrons. The number of nitrogens with zero attached hydrogens (tertiary/aromatic N) is 2. The third-order valence-electron chi connectivity index (χ3n) is 6.64. The highest BCUT2D eigenvalue weighted by Gasteiger charge is 2.58. The van der Waals surface area contributed by atoms with Crippen LogP contribution in [0.25, 0.3) is 10.9 Å². The molecule has 2 saturated carbocycles. The summed E-state index contributed by atoms with van der Waals surface area (Å²) < 4.78 is 26.7. The number of rotatable bonds is 3. The van der Waals surface area contributed by atoms with E-state index in [4.69, 9.17) is 0 Å². The number of halogens is 2. The minimum atomic E-state index is -0.423. The molecule has 6 heteroatoms. The van der Waals surface area contributed by atoms with Crippen LogP contribution >= 0.6 is 0 Å². The molecule has 0 aliphatic heterocycles. The van der Waals surface area contributed by atoms with Crippen molar-refractivity contribution in [3.63, 3.8) is 0 Å². The van der Waals surface area contributed by atoms with Crippen LogP contribution in [0, 0.1) is 23.0 Å². The number of nitrogens with one attached hydrogen (secondary N) is 1. The second-order valence-corrected chi connectivity index (χ2v) is 8.31. The summed E-state index contributed by atoms with van der Waals surface area (Å²) in [5.41, 5.74) is 2.04. The van der Waals surface area contributed by atoms with E-state index in [0.29, 0.717) is 11.7 Å². The van der Waals surface area contributed by atoms with Gasteiger partial charge in [0.2, 0.25) is 5.91 Å². The van der Waals surface area contributed by atoms with E-state index in [1.807, 2.05) is 6.07 Å². The Labute approximate surface area is 167 Å². The van der Waals surface area contributed by atoms with E-state index in [2.05, 4.69) is 15.3 Å². The Bertz CT molecular complexity index is 1080. The molecule has 2 aliphatic carbocycles. The Morgan fingerprint density at radius 3 is 2.59 bits per heavy atom. The molecule has 5 rings (SSSR count). The van der Waals surface area contributed by atoms with Crippen LogP contribution in [-0.4, -0.2) is 15.9 Å². The number of fused-ring (bicyclic) bond motifs is 1. The molecule has 148 valence electrons. The van der Waals surface area contributed by atoms with Gasteiger partial charge in [-0.1, -0.05) is 0 Å². The van der Waals surface area contributed by atoms with Crippen LogP contribution in [0.15, 0.2) is 48.8 Å². The lowest BCUT2D eigenvalue weighted by Crippen LogP contribution is -2.23. The van der Waals surface area contributed by atoms with E-state index in [-0.39, 0.29) is 23.1 Å². The van der Waals surface area contributed by atoms with Crippen LogP contribution in [-0.2, 0) is 4.79 Å². The monoisotopic (exact) mass is 393 g/mol. The fraction of sp³-hybridized carbons (Fsp3) is 0.348. The zero-order valence-corrected chi connectivity index (χ0v) is 15.9. The Morgan fingerprint density at radius 1 is 1.03 bits per heavy atom. The van der Waals surface area contributed by atoms with E-state index in [1.165, 1.54) is 18.2 Å². The third-order valence-corrected chi connectivity index (χ3v) is 6.64. The Balaban J connectivity index is 1.26. The van der Waals surface area contributed by atoms with Crippen LogP contribution < -0.4 is 5.32 Å². The zero-order chi connectivity index (χ0) is 20.0. The SMILES string of the molecule is O=C(Nc1ccc(F)cn1)[C@H]1CC12CCC(c1ccnc3ccc(F)cc13)CC2. The molecule has 0 bridgehead atoms. The van der Waals surface area contributed by atoms with Gasteiger partial charge in [-0.25, -0.2) is 13.8 Å². The number of amides is 1. The molecule has 29 heavy (non-hydrogen) atoms. The van der Waals surface area contributed by atoms with Gasteiger partial charge in [0.05, 0.1) is 11.7 Å². The van der Waals surface area contributed by atoms with Crippen LogP contribution in [0.2, 0.25) is 0 Å². The number of anilines is 1. The average molecular weight is 393 g/mol. The summed E-state index contributed by atoms with van der Waals surface area (Å²) in [5, 5.41) is 3.70. The first-order valence-corrected chi connectivity index (χ1v) is 10.0. The highest BCUT2D eigenvalue weighted by atomic mass is 19.1. The van der Waals surface area contributed by atoms with Crippen molar-refractivity contribution in [1.82, 2.24) is 9.97 Å². The van der Waals surface area contributed by atoms with Gasteiger partial charge < -0.3 is 5.32 Å². The second-order valence-electron chi connectivity index (χ2n) is 8.31. The maximum atomic E-state index is 13.8. The standard InChI is InChI=1S/C23H21F2N3O/c24-15-1-3-20-18(11-15)17(7-10-26-20)14-5-8-23(9-6-14)12-19(23)22(29)28-21-4-2-16(25)13-27-21/h1-4,7,10-11,13-14,19H,5-6,8-9,12H2,(H,27,28,29)/t14?,19-,23?/m1/s1. The van der Waals surface area contributed by atoms with Gasteiger partial charge in [-0.3, -0.25) is 9.78 Å². The lowest BCUT2D eigenvalue weighted by atomic mass is 9.75. The van der Waals surface area contributed by atoms with Gasteiger partial charge in [0.1, 0.15) is 17.5 Å². The molecule has 1 N–H and O–H groups in total. The van der Waals surface area contributed by atoms with Crippen molar-refractivity contribution in [2.45, 2.75) is 38.0 Å². The van der Waals surface area contributed by atoms with Crippen molar-refractivity contribution in [1.29, 1.82) is 0 Å². The summed E-state index contributed by atoms with van der Waals surface area (Å²) in [6.45, 7) is 0. The molecule has 1 amide bonds. The molecule has 2 aliphatic rings. The molecule has 0 unspecified atom stereocenters. The average Bonchev–Trinajstić information content (AvgIpc) is 3.43. The summed E-state index contributed by atoms with van der Waals surface area (Å²) in [5.74, 6) is 0.0365. The molecule has 3 aromatic rings. The first kappa shape index (κ1) is 18.2. The number of hydrogen-bond acceptors (Lipinski definition) is 3. The highest BCUT2D eigenvalue weighted by Crippen LogP contribution is 2.63. The van der Waals surface area contributed by atoms with E-state index in [9.17, 15) is 13.6 Å². The van der Waals surface area contributed by atoms with E-state index in [1.54, 1.807) is 18.3 Å². The first-order valence-electron chi connectivity index (χ1n) is 10.0. The topological polar surface area (TPSA) is 54.9 Å². The molecule has 2 fully saturated rings. The molecule has 2 heterocycles. The number of aromatic nitrogens is 2. The lowest BCUT2D eigenvalue weighted by molar-refractivity contribution is -0.118. The van der Waals surface area contributed by atoms with Crippen molar-refractivity contribution < 1.29 is 13.6 Å². The van der Waals surface area contributed by atoms with Crippen molar-refractivity contribution in [3.05, 3.63) is 66.0 Å². The van der Waals surface area contributed by atoms with Crippen LogP contribution in [0.4, 0.5) is 14.6 Å². The van der Waals surface area contributed by atoms with Gasteiger partial charge in [-0.15, -0.1) is 0 Å². The van der Waals surface area contributed by atoms with E-state index in [0.717, 1.165) is 54.8 Å². The van der Waals surface area contributed by atoms with Crippen molar-refractivity contribution in [2.24, 2.45) is 11.3 Å². The first-order chi connectivity index (χ1) is 14.0. The summed E-state index contributed by atoms with van der Waals surface area (Å²) >= 11 is 0. The molecule has 1 aromatic carbocycles. The summed E-state index contributed by atoms with van der Waals surface area (Å²) in [6, 6.07) is 9.51. The number of carbonyl (C=O) groups is 1. The number of benzene rings is 1. The molecule has 1 spiro atoms. The van der Waals surface area contributed by atoms with Gasteiger partial charge in [0.15, 0.2) is 0 Å². The van der Waals surface area contributed by atoms with Crippen LogP contribution in [0.3, 0.4) is 0 Å². The predicted octanol–water partition coefficient (Wildman–Crippen LogP) is 5.21. The van der Waals surface area contributed by atoms with Crippen molar-refractivity contribution in [2.75, 3.05) is 5.32 Å². The molecular weight excluding hydrogens is 372 g/mol. The minimum absolute atomic E-state index is 0.0121. The van der Waals surface area contributed by atoms with Gasteiger partial charge in [-0.05, 0) is 85.4 Å². The predicted molar refractivity (Wildman–Crippen MR) is 106 cm³/mol. The summed E-state index contributed by atoms with van der Waals surface area (Å²) in [4.78, 5) is 20.9. The number of hydrogen-bond donors (Lipinski definition) is 1. The molecular formula is C23H21F2N3O. The fourth-order valence-electron chi connectivity index (χ4n) is 4.93. The maximum absolute atomic E-state index is 13.8. The van der Waals surface area contributed by atoms with Gasteiger partial charge in [-0.2, -0.15) is 0 Å². The quantitative estimate of drug-likeness (QED) is 0.665. The minimum Gasteiger partial charge on any atom is -0.310 e. The van der Waals surface area contributed by atoms with E-state index < -0.39 is 5.82 Å². The normalized spacial score (nSPS) is 25.9. The fourth-order valence-corrected chi connectivity index (χ4v) is 4.93. The largest absolute Gasteiger partial charge is 0.310 e. The smallest absolute Gasteiger partial charge is 0.229 e. The molecule has 1 atom stereocenters. The number of carbonyl (C=O) groups excluding carboxylic acids is 1. The summed E-state index contributed by atoms with van der Waals surface area (Å²) in [7, 11) is 0. The lowest BCUT2D eigenvalue weighted by Gasteiger charge is -2.30. The zero-order valence-electron chi connectivity index (χ0n) is 15.9. The van der Waals surface area contributed by atoms with Gasteiger partial charge in [0, 0.05) is 17.5 Å². The van der Waals surface area contributed by atoms with Crippen molar-refractivity contribution in [3.8, 4) is 0 Å². The summed E-state index contributed by atoms with van der Waals surface area (Å²) in [6.07, 6.45) is 7.70. The Morgan fingerprint density at radius 2 is 1.83 bits per heavy atom. The Hall–Kier alpha value is -2.89. The Kier molecular flexibility index (Phi) is 4.30.